The zero-order valence-electron chi connectivity index (χ0n) is 16.1. The van der Waals surface area contributed by atoms with E-state index in [1.165, 1.54) is 0 Å². The molecule has 0 radical (unpaired) electrons. The van der Waals surface area contributed by atoms with Crippen LogP contribution in [0.4, 0.5) is 17.1 Å². The van der Waals surface area contributed by atoms with E-state index in [0.29, 0.717) is 0 Å². The molecular formula is C21H18BiN3S6. The molecule has 0 unspecified atom stereocenters. The molecule has 0 atom stereocenters. The van der Waals surface area contributed by atoms with Gasteiger partial charge in [0.15, 0.2) is 0 Å². The predicted octanol–water partition coefficient (Wildman–Crippen LogP) is 7.36. The fourth-order valence-electron chi connectivity index (χ4n) is 2.25. The Balaban J connectivity index is 1.62. The summed E-state index contributed by atoms with van der Waals surface area (Å²) in [5, 5.41) is 9.93. The summed E-state index contributed by atoms with van der Waals surface area (Å²) in [5.41, 5.74) is 2.94. The number of thiocarbonyl (C=S) groups is 3. The molecule has 31 heavy (non-hydrogen) atoms. The Morgan fingerprint density at radius 2 is 0.742 bits per heavy atom. The van der Waals surface area contributed by atoms with Gasteiger partial charge in [0.05, 0.1) is 0 Å². The van der Waals surface area contributed by atoms with Crippen LogP contribution in [0.2, 0.25) is 0 Å². The summed E-state index contributed by atoms with van der Waals surface area (Å²) in [4.78, 5) is 0. The van der Waals surface area contributed by atoms with Gasteiger partial charge in [0, 0.05) is 0 Å². The molecule has 0 spiro atoms. The number of rotatable bonds is 6. The van der Waals surface area contributed by atoms with E-state index in [-0.39, 0.29) is 0 Å². The zero-order valence-corrected chi connectivity index (χ0v) is 24.4. The van der Waals surface area contributed by atoms with Gasteiger partial charge >= 0.3 is 217 Å². The molecule has 0 saturated carbocycles. The average Bonchev–Trinajstić information content (AvgIpc) is 2.75. The summed E-state index contributed by atoms with van der Waals surface area (Å²) >= 11 is 14.4. The van der Waals surface area contributed by atoms with Crippen molar-refractivity contribution < 1.29 is 0 Å². The van der Waals surface area contributed by atoms with Crippen LogP contribution in [0.15, 0.2) is 91.0 Å². The molecule has 0 bridgehead atoms. The number of nitrogens with one attached hydrogen (secondary N) is 3. The molecule has 0 heterocycles. The molecule has 0 aromatic heterocycles. The maximum atomic E-state index is 5.63. The molecule has 0 aliphatic heterocycles. The Labute approximate surface area is 214 Å². The van der Waals surface area contributed by atoms with Gasteiger partial charge in [-0.05, 0) is 0 Å². The number of anilines is 3. The van der Waals surface area contributed by atoms with E-state index in [0.717, 1.165) is 30.0 Å². The first-order valence-electron chi connectivity index (χ1n) is 9.00. The first-order chi connectivity index (χ1) is 15.1. The van der Waals surface area contributed by atoms with Crippen molar-refractivity contribution in [2.45, 2.75) is 0 Å². The summed E-state index contributed by atoms with van der Waals surface area (Å²) in [6, 6.07) is 29.8. The van der Waals surface area contributed by atoms with Crippen molar-refractivity contribution in [3.8, 4) is 0 Å². The van der Waals surface area contributed by atoms with Gasteiger partial charge in [0.2, 0.25) is 0 Å². The molecule has 10 heteroatoms. The minimum atomic E-state index is -2.45. The van der Waals surface area contributed by atoms with Gasteiger partial charge < -0.3 is 0 Å². The number of benzene rings is 3. The topological polar surface area (TPSA) is 36.1 Å². The van der Waals surface area contributed by atoms with Gasteiger partial charge in [0.25, 0.3) is 0 Å². The van der Waals surface area contributed by atoms with E-state index >= 15 is 0 Å². The maximum absolute atomic E-state index is 5.63. The summed E-state index contributed by atoms with van der Waals surface area (Å²) < 4.78 is 2.23. The monoisotopic (exact) mass is 713 g/mol. The van der Waals surface area contributed by atoms with Crippen LogP contribution in [0.3, 0.4) is 0 Å². The summed E-state index contributed by atoms with van der Waals surface area (Å²) in [5.74, 6) is 0. The van der Waals surface area contributed by atoms with Crippen molar-refractivity contribution in [3.63, 3.8) is 0 Å². The Morgan fingerprint density at radius 1 is 0.484 bits per heavy atom. The second-order valence-corrected chi connectivity index (χ2v) is 33.4. The van der Waals surface area contributed by atoms with Gasteiger partial charge in [-0.1, -0.05) is 0 Å². The summed E-state index contributed by atoms with van der Waals surface area (Å²) in [6.45, 7) is 0. The van der Waals surface area contributed by atoms with E-state index in [2.05, 4.69) is 16.0 Å². The van der Waals surface area contributed by atoms with Crippen molar-refractivity contribution >= 4 is 110 Å². The fourth-order valence-corrected chi connectivity index (χ4v) is 39.3. The molecule has 0 fully saturated rings. The van der Waals surface area contributed by atoms with Gasteiger partial charge in [-0.3, -0.25) is 0 Å². The average molecular weight is 714 g/mol. The van der Waals surface area contributed by atoms with Crippen LogP contribution in [0.1, 0.15) is 0 Å². The Kier molecular flexibility index (Phi) is 11.0. The van der Waals surface area contributed by atoms with Crippen LogP contribution in [-0.2, 0) is 0 Å². The van der Waals surface area contributed by atoms with E-state index in [1.807, 2.05) is 91.0 Å². The molecule has 3 N–H and O–H groups in total. The molecule has 0 amide bonds. The zero-order chi connectivity index (χ0) is 21.9. The van der Waals surface area contributed by atoms with Crippen LogP contribution < -0.4 is 16.0 Å². The molecule has 0 aliphatic rings. The second kappa shape index (κ2) is 13.7. The van der Waals surface area contributed by atoms with Crippen LogP contribution in [0.25, 0.3) is 0 Å². The Hall–Kier alpha value is -0.737. The third kappa shape index (κ3) is 9.74. The third-order valence-corrected chi connectivity index (χ3v) is 33.8. The van der Waals surface area contributed by atoms with E-state index < -0.39 is 17.4 Å². The first-order valence-corrected chi connectivity index (χ1v) is 25.3. The molecule has 158 valence electrons. The van der Waals surface area contributed by atoms with E-state index in [1.54, 1.807) is 25.6 Å². The van der Waals surface area contributed by atoms with Gasteiger partial charge in [0.1, 0.15) is 0 Å². The molecular weight excluding hydrogens is 696 g/mol. The molecule has 3 aromatic carbocycles. The number of para-hydroxylation sites is 3. The van der Waals surface area contributed by atoms with Crippen LogP contribution in [0, 0.1) is 0 Å². The minimum absolute atomic E-state index is 0.744. The molecule has 0 saturated heterocycles. The Bertz CT molecular complexity index is 873. The number of hydrogen-bond donors (Lipinski definition) is 3. The predicted molar refractivity (Wildman–Crippen MR) is 157 cm³/mol. The molecule has 0 aliphatic carbocycles. The number of hydrogen-bond acceptors (Lipinski definition) is 6. The molecule has 3 nitrogen and oxygen atoms in total. The van der Waals surface area contributed by atoms with Crippen molar-refractivity contribution in [1.82, 2.24) is 0 Å². The first kappa shape index (κ1) is 24.9. The van der Waals surface area contributed by atoms with Crippen molar-refractivity contribution in [1.29, 1.82) is 0 Å². The summed E-state index contributed by atoms with van der Waals surface area (Å²) in [6.07, 6.45) is 0. The van der Waals surface area contributed by atoms with Crippen molar-refractivity contribution in [3.05, 3.63) is 91.0 Å². The fraction of sp³-hybridized carbons (Fsp3) is 0. The van der Waals surface area contributed by atoms with Crippen molar-refractivity contribution in [2.75, 3.05) is 16.0 Å². The van der Waals surface area contributed by atoms with Crippen LogP contribution >= 0.6 is 62.2 Å². The normalized spacial score (nSPS) is 10.4. The van der Waals surface area contributed by atoms with Gasteiger partial charge in [-0.2, -0.15) is 0 Å². The van der Waals surface area contributed by atoms with E-state index in [4.69, 9.17) is 36.7 Å². The third-order valence-electron chi connectivity index (χ3n) is 3.53. The standard InChI is InChI=1S/3C7H7NS2.Bi/c3*9-7(10)8-6-4-2-1-3-5-6;/h3*1-5H,(H2,8,9,10);/q;;;+3/p-3. The SMILES string of the molecule is S=C(Nc1ccccc1)[S][Bi]([S]C(=S)Nc1ccccc1)[S]C(=S)Nc1ccccc1. The summed E-state index contributed by atoms with van der Waals surface area (Å²) in [7, 11) is 5.14. The molecule has 3 rings (SSSR count). The second-order valence-electron chi connectivity index (χ2n) is 5.83. The van der Waals surface area contributed by atoms with Crippen LogP contribution in [0.5, 0.6) is 0 Å². The van der Waals surface area contributed by atoms with Gasteiger partial charge in [-0.25, -0.2) is 0 Å². The Morgan fingerprint density at radius 3 is 1.00 bits per heavy atom. The van der Waals surface area contributed by atoms with Crippen LogP contribution in [-0.4, -0.2) is 30.3 Å². The van der Waals surface area contributed by atoms with E-state index in [9.17, 15) is 0 Å². The van der Waals surface area contributed by atoms with Crippen molar-refractivity contribution in [2.24, 2.45) is 0 Å². The van der Waals surface area contributed by atoms with Gasteiger partial charge in [-0.15, -0.1) is 0 Å². The molecule has 3 aromatic rings. The quantitative estimate of drug-likeness (QED) is 0.180.